The minimum Gasteiger partial charge on any atom is -0.444 e. The number of carbonyl (C=O) groups is 1. The second kappa shape index (κ2) is 6.30. The molecule has 0 aliphatic carbocycles. The third-order valence-corrected chi connectivity index (χ3v) is 7.20. The highest BCUT2D eigenvalue weighted by Crippen LogP contribution is 2.49. The molecule has 1 aromatic carbocycles. The van der Waals surface area contributed by atoms with Gasteiger partial charge in [0, 0.05) is 0 Å². The van der Waals surface area contributed by atoms with Gasteiger partial charge >= 0.3 is 6.09 Å². The molecule has 29 heavy (non-hydrogen) atoms. The fourth-order valence-electron chi connectivity index (χ4n) is 4.22. The standard InChI is InChI=1S/C21H27NO6S/c1-12-7-9-13(10-8-12)29(24,25)15-11-14-17-18(27-21(5,6)26-17)16(15)22(14)19(23)28-20(2,3)4/h7-11,14,16-18H,1-6H3/t14-,16+,17-,18+/m1/s1. The minimum atomic E-state index is -3.80. The maximum absolute atomic E-state index is 13.4. The summed E-state index contributed by atoms with van der Waals surface area (Å²) in [6.07, 6.45) is 0.0508. The Morgan fingerprint density at radius 1 is 1.10 bits per heavy atom. The molecule has 3 aliphatic rings. The van der Waals surface area contributed by atoms with Gasteiger partial charge in [-0.25, -0.2) is 13.2 Å². The number of rotatable bonds is 2. The van der Waals surface area contributed by atoms with E-state index in [0.717, 1.165) is 5.56 Å². The molecule has 2 fully saturated rings. The average Bonchev–Trinajstić information content (AvgIpc) is 3.18. The number of hydrogen-bond donors (Lipinski definition) is 0. The van der Waals surface area contributed by atoms with Gasteiger partial charge < -0.3 is 14.2 Å². The van der Waals surface area contributed by atoms with E-state index in [1.807, 2.05) is 6.92 Å². The molecule has 158 valence electrons. The molecule has 7 nitrogen and oxygen atoms in total. The van der Waals surface area contributed by atoms with Crippen molar-refractivity contribution in [3.05, 3.63) is 40.8 Å². The second-order valence-corrected chi connectivity index (χ2v) is 11.2. The van der Waals surface area contributed by atoms with E-state index in [1.165, 1.54) is 4.90 Å². The predicted molar refractivity (Wildman–Crippen MR) is 106 cm³/mol. The van der Waals surface area contributed by atoms with Crippen LogP contribution in [-0.2, 0) is 24.0 Å². The summed E-state index contributed by atoms with van der Waals surface area (Å²) in [4.78, 5) is 14.7. The van der Waals surface area contributed by atoms with Crippen molar-refractivity contribution in [3.63, 3.8) is 0 Å². The zero-order valence-electron chi connectivity index (χ0n) is 17.5. The molecule has 1 aromatic rings. The molecule has 2 saturated heterocycles. The van der Waals surface area contributed by atoms with Crippen LogP contribution in [0.3, 0.4) is 0 Å². The van der Waals surface area contributed by atoms with Crippen molar-refractivity contribution in [2.24, 2.45) is 0 Å². The Morgan fingerprint density at radius 2 is 1.69 bits per heavy atom. The molecule has 0 unspecified atom stereocenters. The minimum absolute atomic E-state index is 0.166. The van der Waals surface area contributed by atoms with Crippen LogP contribution >= 0.6 is 0 Å². The van der Waals surface area contributed by atoms with E-state index < -0.39 is 51.6 Å². The molecule has 4 atom stereocenters. The van der Waals surface area contributed by atoms with Crippen molar-refractivity contribution in [1.29, 1.82) is 0 Å². The summed E-state index contributed by atoms with van der Waals surface area (Å²) in [6.45, 7) is 10.8. The number of carbonyl (C=O) groups excluding carboxylic acids is 1. The fraction of sp³-hybridized carbons (Fsp3) is 0.571. The van der Waals surface area contributed by atoms with Gasteiger partial charge in [-0.1, -0.05) is 17.7 Å². The molecule has 8 heteroatoms. The van der Waals surface area contributed by atoms with E-state index >= 15 is 0 Å². The highest BCUT2D eigenvalue weighted by atomic mass is 32.2. The SMILES string of the molecule is Cc1ccc(S(=O)(=O)C2=C[C@@H]3[C@H]4OC(C)(C)O[C@H]4[C@H]2N3C(=O)OC(C)(C)C)cc1. The average molecular weight is 422 g/mol. The van der Waals surface area contributed by atoms with Crippen LogP contribution in [0.1, 0.15) is 40.2 Å². The molecule has 4 rings (SSSR count). The molecule has 0 spiro atoms. The first kappa shape index (κ1) is 20.4. The molecule has 3 heterocycles. The van der Waals surface area contributed by atoms with Crippen LogP contribution in [0.2, 0.25) is 0 Å². The zero-order chi connectivity index (χ0) is 21.4. The lowest BCUT2D eigenvalue weighted by Crippen LogP contribution is -2.45. The maximum Gasteiger partial charge on any atom is 0.411 e. The van der Waals surface area contributed by atoms with Crippen LogP contribution in [0.25, 0.3) is 0 Å². The van der Waals surface area contributed by atoms with Gasteiger partial charge in [0.15, 0.2) is 5.79 Å². The molecule has 1 amide bonds. The summed E-state index contributed by atoms with van der Waals surface area (Å²) in [5, 5.41) is 0. The normalized spacial score (nSPS) is 30.3. The van der Waals surface area contributed by atoms with Gasteiger partial charge in [-0.3, -0.25) is 4.90 Å². The van der Waals surface area contributed by atoms with Crippen LogP contribution < -0.4 is 0 Å². The second-order valence-electron chi connectivity index (χ2n) is 9.27. The molecule has 3 aliphatic heterocycles. The summed E-state index contributed by atoms with van der Waals surface area (Å²) >= 11 is 0. The lowest BCUT2D eigenvalue weighted by molar-refractivity contribution is -0.160. The molecule has 2 bridgehead atoms. The number of benzene rings is 1. The Labute approximate surface area is 171 Å². The topological polar surface area (TPSA) is 82.1 Å². The van der Waals surface area contributed by atoms with Crippen molar-refractivity contribution in [3.8, 4) is 0 Å². The molecule has 0 N–H and O–H groups in total. The molecular weight excluding hydrogens is 394 g/mol. The van der Waals surface area contributed by atoms with E-state index in [9.17, 15) is 13.2 Å². The third-order valence-electron chi connectivity index (χ3n) is 5.30. The fourth-order valence-corrected chi connectivity index (χ4v) is 5.87. The van der Waals surface area contributed by atoms with Gasteiger partial charge in [0.1, 0.15) is 23.9 Å². The van der Waals surface area contributed by atoms with Crippen LogP contribution in [0.5, 0.6) is 0 Å². The lowest BCUT2D eigenvalue weighted by Gasteiger charge is -2.31. The van der Waals surface area contributed by atoms with Crippen molar-refractivity contribution < 1.29 is 27.4 Å². The molecule has 0 radical (unpaired) electrons. The van der Waals surface area contributed by atoms with E-state index in [2.05, 4.69) is 0 Å². The number of hydrogen-bond acceptors (Lipinski definition) is 6. The molecule has 0 aromatic heterocycles. The Bertz CT molecular complexity index is 973. The van der Waals surface area contributed by atoms with E-state index in [1.54, 1.807) is 65.0 Å². The van der Waals surface area contributed by atoms with Gasteiger partial charge in [-0.15, -0.1) is 0 Å². The lowest BCUT2D eigenvalue weighted by atomic mass is 10.0. The van der Waals surface area contributed by atoms with Crippen molar-refractivity contribution in [2.45, 2.75) is 82.1 Å². The van der Waals surface area contributed by atoms with Crippen molar-refractivity contribution in [1.82, 2.24) is 4.90 Å². The summed E-state index contributed by atoms with van der Waals surface area (Å²) in [5.74, 6) is -0.844. The first-order chi connectivity index (χ1) is 13.3. The van der Waals surface area contributed by atoms with Crippen LogP contribution in [-0.4, -0.2) is 55.1 Å². The Kier molecular flexibility index (Phi) is 4.42. The first-order valence-electron chi connectivity index (χ1n) is 9.71. The summed E-state index contributed by atoms with van der Waals surface area (Å²) in [6, 6.07) is 5.34. The monoisotopic (exact) mass is 421 g/mol. The van der Waals surface area contributed by atoms with Gasteiger partial charge in [0.05, 0.1) is 15.8 Å². The smallest absolute Gasteiger partial charge is 0.411 e. The van der Waals surface area contributed by atoms with Gasteiger partial charge in [0.2, 0.25) is 9.84 Å². The summed E-state index contributed by atoms with van der Waals surface area (Å²) < 4.78 is 44.3. The zero-order valence-corrected chi connectivity index (χ0v) is 18.3. The number of sulfone groups is 1. The molecular formula is C21H27NO6S. The van der Waals surface area contributed by atoms with Crippen molar-refractivity contribution >= 4 is 15.9 Å². The van der Waals surface area contributed by atoms with Gasteiger partial charge in [-0.2, -0.15) is 0 Å². The van der Waals surface area contributed by atoms with E-state index in [0.29, 0.717) is 0 Å². The summed E-state index contributed by atoms with van der Waals surface area (Å²) in [7, 11) is -3.80. The summed E-state index contributed by atoms with van der Waals surface area (Å²) in [5.41, 5.74) is 0.265. The maximum atomic E-state index is 13.4. The Balaban J connectivity index is 1.73. The Hall–Kier alpha value is -1.90. The quantitative estimate of drug-likeness (QED) is 0.730. The number of ether oxygens (including phenoxy) is 3. The number of fused-ring (bicyclic) bond motifs is 5. The number of aryl methyl sites for hydroxylation is 1. The van der Waals surface area contributed by atoms with Gasteiger partial charge in [-0.05, 0) is 59.8 Å². The third kappa shape index (κ3) is 3.37. The van der Waals surface area contributed by atoms with E-state index in [4.69, 9.17) is 14.2 Å². The number of amides is 1. The first-order valence-corrected chi connectivity index (χ1v) is 11.2. The highest BCUT2D eigenvalue weighted by Gasteiger charge is 2.65. The van der Waals surface area contributed by atoms with Crippen LogP contribution in [0.4, 0.5) is 4.79 Å². The highest BCUT2D eigenvalue weighted by molar-refractivity contribution is 7.95. The van der Waals surface area contributed by atoms with Gasteiger partial charge in [0.25, 0.3) is 0 Å². The van der Waals surface area contributed by atoms with Crippen LogP contribution in [0.15, 0.2) is 40.1 Å². The number of nitrogens with zero attached hydrogens (tertiary/aromatic N) is 1. The largest absolute Gasteiger partial charge is 0.444 e. The van der Waals surface area contributed by atoms with Crippen molar-refractivity contribution in [2.75, 3.05) is 0 Å². The predicted octanol–water partition coefficient (Wildman–Crippen LogP) is 3.17. The van der Waals surface area contributed by atoms with Crippen LogP contribution in [0, 0.1) is 6.92 Å². The van der Waals surface area contributed by atoms with E-state index in [-0.39, 0.29) is 9.80 Å². The Morgan fingerprint density at radius 3 is 2.28 bits per heavy atom. The molecule has 0 saturated carbocycles.